The summed E-state index contributed by atoms with van der Waals surface area (Å²) in [6, 6.07) is 3.66. The Hall–Kier alpha value is -1.27. The van der Waals surface area contributed by atoms with Gasteiger partial charge in [-0.25, -0.2) is 8.42 Å². The third-order valence-electron chi connectivity index (χ3n) is 2.67. The molecule has 0 atom stereocenters. The predicted octanol–water partition coefficient (Wildman–Crippen LogP) is 1.53. The Kier molecular flexibility index (Phi) is 5.20. The van der Waals surface area contributed by atoms with Crippen molar-refractivity contribution in [2.75, 3.05) is 16.9 Å². The van der Waals surface area contributed by atoms with E-state index >= 15 is 0 Å². The highest BCUT2D eigenvalue weighted by Crippen LogP contribution is 2.24. The van der Waals surface area contributed by atoms with E-state index in [9.17, 15) is 13.2 Å². The molecule has 0 bridgehead atoms. The molecule has 0 radical (unpaired) electrons. The maximum absolute atomic E-state index is 11.3. The van der Waals surface area contributed by atoms with E-state index in [0.717, 1.165) is 22.9 Å². The van der Waals surface area contributed by atoms with Crippen molar-refractivity contribution in [2.45, 2.75) is 20.4 Å². The second-order valence-electron chi connectivity index (χ2n) is 4.33. The van der Waals surface area contributed by atoms with Crippen molar-refractivity contribution >= 4 is 33.2 Å². The topological polar surface area (TPSA) is 75.3 Å². The van der Waals surface area contributed by atoms with Gasteiger partial charge in [-0.1, -0.05) is 12.1 Å². The van der Waals surface area contributed by atoms with Crippen LogP contribution in [0.5, 0.6) is 0 Å². The molecule has 1 aromatic rings. The van der Waals surface area contributed by atoms with Crippen molar-refractivity contribution < 1.29 is 13.2 Å². The predicted molar refractivity (Wildman–Crippen MR) is 76.9 cm³/mol. The molecule has 1 aromatic carbocycles. The highest BCUT2D eigenvalue weighted by molar-refractivity contribution is 7.92. The van der Waals surface area contributed by atoms with Gasteiger partial charge in [0.05, 0.1) is 11.9 Å². The van der Waals surface area contributed by atoms with Crippen LogP contribution in [0.4, 0.5) is 5.69 Å². The molecule has 2 N–H and O–H groups in total. The van der Waals surface area contributed by atoms with Crippen LogP contribution in [-0.2, 0) is 21.4 Å². The fourth-order valence-electron chi connectivity index (χ4n) is 1.67. The number of sulfonamides is 1. The van der Waals surface area contributed by atoms with Crippen LogP contribution < -0.4 is 10.0 Å². The summed E-state index contributed by atoms with van der Waals surface area (Å²) >= 11 is 5.40. The first-order valence-corrected chi connectivity index (χ1v) is 8.06. The fourth-order valence-corrected chi connectivity index (χ4v) is 2.44. The van der Waals surface area contributed by atoms with E-state index in [1.54, 1.807) is 0 Å². The van der Waals surface area contributed by atoms with Crippen LogP contribution in [0, 0.1) is 13.8 Å². The van der Waals surface area contributed by atoms with Gasteiger partial charge in [-0.2, -0.15) is 0 Å². The van der Waals surface area contributed by atoms with Gasteiger partial charge < -0.3 is 5.32 Å². The Bertz CT molecular complexity index is 585. The SMILES string of the molecule is Cc1ccc(CNC(=O)CCl)c(C)c1NS(C)(=O)=O. The number of benzene rings is 1. The largest absolute Gasteiger partial charge is 0.351 e. The van der Waals surface area contributed by atoms with E-state index < -0.39 is 10.0 Å². The molecule has 0 spiro atoms. The number of alkyl halides is 1. The average Bonchev–Trinajstić information content (AvgIpc) is 2.32. The maximum atomic E-state index is 11.3. The molecule has 0 saturated heterocycles. The molecular formula is C12H17ClN2O3S. The molecule has 0 aliphatic carbocycles. The molecule has 5 nitrogen and oxygen atoms in total. The quantitative estimate of drug-likeness (QED) is 0.810. The monoisotopic (exact) mass is 304 g/mol. The van der Waals surface area contributed by atoms with E-state index in [2.05, 4.69) is 10.0 Å². The Morgan fingerprint density at radius 2 is 1.95 bits per heavy atom. The molecule has 0 fully saturated rings. The Morgan fingerprint density at radius 3 is 2.47 bits per heavy atom. The zero-order valence-electron chi connectivity index (χ0n) is 11.1. The summed E-state index contributed by atoms with van der Waals surface area (Å²) in [7, 11) is -3.33. The van der Waals surface area contributed by atoms with Gasteiger partial charge in [0.1, 0.15) is 5.88 Å². The van der Waals surface area contributed by atoms with Crippen molar-refractivity contribution in [1.29, 1.82) is 0 Å². The minimum absolute atomic E-state index is 0.0979. The molecule has 106 valence electrons. The zero-order valence-corrected chi connectivity index (χ0v) is 12.7. The fraction of sp³-hybridized carbons (Fsp3) is 0.417. The van der Waals surface area contributed by atoms with E-state index in [4.69, 9.17) is 11.6 Å². The van der Waals surface area contributed by atoms with Gasteiger partial charge in [0, 0.05) is 6.54 Å². The Balaban J connectivity index is 3.03. The standard InChI is InChI=1S/C12H17ClN2O3S/c1-8-4-5-10(7-14-11(16)6-13)9(2)12(8)15-19(3,17)18/h4-5,15H,6-7H2,1-3H3,(H,14,16). The number of amides is 1. The van der Waals surface area contributed by atoms with Gasteiger partial charge in [0.15, 0.2) is 0 Å². The number of rotatable bonds is 5. The molecule has 0 aliphatic heterocycles. The minimum Gasteiger partial charge on any atom is -0.351 e. The highest BCUT2D eigenvalue weighted by atomic mass is 35.5. The van der Waals surface area contributed by atoms with Crippen LogP contribution in [0.25, 0.3) is 0 Å². The van der Waals surface area contributed by atoms with Gasteiger partial charge in [-0.05, 0) is 30.5 Å². The van der Waals surface area contributed by atoms with Crippen molar-refractivity contribution in [3.05, 3.63) is 28.8 Å². The number of halogens is 1. The molecule has 0 aromatic heterocycles. The van der Waals surface area contributed by atoms with Gasteiger partial charge in [-0.15, -0.1) is 11.6 Å². The van der Waals surface area contributed by atoms with Crippen LogP contribution in [0.2, 0.25) is 0 Å². The number of aryl methyl sites for hydroxylation is 1. The number of carbonyl (C=O) groups excluding carboxylic acids is 1. The Labute approximate surface area is 118 Å². The first-order chi connectivity index (χ1) is 8.74. The third kappa shape index (κ3) is 4.72. The molecule has 1 amide bonds. The van der Waals surface area contributed by atoms with Gasteiger partial charge in [-0.3, -0.25) is 9.52 Å². The molecular weight excluding hydrogens is 288 g/mol. The summed E-state index contributed by atoms with van der Waals surface area (Å²) in [6.07, 6.45) is 1.10. The van der Waals surface area contributed by atoms with Gasteiger partial charge in [0.25, 0.3) is 0 Å². The molecule has 1 rings (SSSR count). The number of hydrogen-bond donors (Lipinski definition) is 2. The maximum Gasteiger partial charge on any atom is 0.235 e. The summed E-state index contributed by atoms with van der Waals surface area (Å²) < 4.78 is 25.2. The summed E-state index contributed by atoms with van der Waals surface area (Å²) in [6.45, 7) is 3.94. The van der Waals surface area contributed by atoms with E-state index in [1.165, 1.54) is 0 Å². The lowest BCUT2D eigenvalue weighted by Gasteiger charge is -2.15. The molecule has 0 unspecified atom stereocenters. The van der Waals surface area contributed by atoms with Crippen LogP contribution in [0.1, 0.15) is 16.7 Å². The highest BCUT2D eigenvalue weighted by Gasteiger charge is 2.11. The number of anilines is 1. The number of nitrogens with one attached hydrogen (secondary N) is 2. The van der Waals surface area contributed by atoms with E-state index in [1.807, 2.05) is 26.0 Å². The minimum atomic E-state index is -3.33. The molecule has 7 heteroatoms. The molecule has 0 aliphatic rings. The third-order valence-corrected chi connectivity index (χ3v) is 3.49. The van der Waals surface area contributed by atoms with Crippen molar-refractivity contribution in [1.82, 2.24) is 5.32 Å². The number of carbonyl (C=O) groups is 1. The molecule has 19 heavy (non-hydrogen) atoms. The normalized spacial score (nSPS) is 11.2. The smallest absolute Gasteiger partial charge is 0.235 e. The first-order valence-electron chi connectivity index (χ1n) is 5.64. The van der Waals surface area contributed by atoms with Crippen LogP contribution in [-0.4, -0.2) is 26.5 Å². The van der Waals surface area contributed by atoms with Crippen molar-refractivity contribution in [2.24, 2.45) is 0 Å². The molecule has 0 saturated carbocycles. The summed E-state index contributed by atoms with van der Waals surface area (Å²) in [5.41, 5.74) is 3.02. The van der Waals surface area contributed by atoms with E-state index in [0.29, 0.717) is 12.2 Å². The van der Waals surface area contributed by atoms with Crippen LogP contribution in [0.3, 0.4) is 0 Å². The Morgan fingerprint density at radius 1 is 1.32 bits per heavy atom. The lowest BCUT2D eigenvalue weighted by atomic mass is 10.0. The molecule has 0 heterocycles. The lowest BCUT2D eigenvalue weighted by molar-refractivity contribution is -0.118. The van der Waals surface area contributed by atoms with Crippen molar-refractivity contribution in [3.63, 3.8) is 0 Å². The van der Waals surface area contributed by atoms with Gasteiger partial charge in [0.2, 0.25) is 15.9 Å². The first kappa shape index (κ1) is 15.8. The van der Waals surface area contributed by atoms with Crippen LogP contribution in [0.15, 0.2) is 12.1 Å². The average molecular weight is 305 g/mol. The summed E-state index contributed by atoms with van der Waals surface area (Å²) in [4.78, 5) is 11.1. The zero-order chi connectivity index (χ0) is 14.6. The van der Waals surface area contributed by atoms with Gasteiger partial charge >= 0.3 is 0 Å². The lowest BCUT2D eigenvalue weighted by Crippen LogP contribution is -2.24. The summed E-state index contributed by atoms with van der Waals surface area (Å²) in [5, 5.41) is 2.65. The van der Waals surface area contributed by atoms with E-state index in [-0.39, 0.29) is 11.8 Å². The number of hydrogen-bond acceptors (Lipinski definition) is 3. The second kappa shape index (κ2) is 6.25. The summed E-state index contributed by atoms with van der Waals surface area (Å²) in [5.74, 6) is -0.362. The van der Waals surface area contributed by atoms with Crippen LogP contribution >= 0.6 is 11.6 Å². The second-order valence-corrected chi connectivity index (χ2v) is 6.34. The van der Waals surface area contributed by atoms with Crippen molar-refractivity contribution in [3.8, 4) is 0 Å².